The predicted octanol–water partition coefficient (Wildman–Crippen LogP) is 5.24. The summed E-state index contributed by atoms with van der Waals surface area (Å²) in [5.74, 6) is 0. The van der Waals surface area contributed by atoms with Gasteiger partial charge in [-0.15, -0.1) is 0 Å². The second-order valence-corrected chi connectivity index (χ2v) is 5.62. The van der Waals surface area contributed by atoms with Crippen LogP contribution in [0.1, 0.15) is 36.1 Å². The van der Waals surface area contributed by atoms with Gasteiger partial charge in [-0.3, -0.25) is 0 Å². The summed E-state index contributed by atoms with van der Waals surface area (Å²) in [6, 6.07) is 14.7. The maximum Gasteiger partial charge on any atom is 0.263 e. The Labute approximate surface area is 126 Å². The van der Waals surface area contributed by atoms with Crippen LogP contribution in [0.4, 0.5) is 8.78 Å². The van der Waals surface area contributed by atoms with E-state index >= 15 is 0 Å². The molecule has 0 saturated carbocycles. The molecule has 2 rings (SSSR count). The van der Waals surface area contributed by atoms with Gasteiger partial charge in [0.25, 0.3) is 6.43 Å². The van der Waals surface area contributed by atoms with Crippen LogP contribution in [-0.4, -0.2) is 0 Å². The second kappa shape index (κ2) is 6.95. The van der Waals surface area contributed by atoms with Crippen LogP contribution in [0.2, 0.25) is 0 Å². The Balaban J connectivity index is 1.94. The lowest BCUT2D eigenvalue weighted by Crippen LogP contribution is -2.18. The molecule has 0 fully saturated rings. The van der Waals surface area contributed by atoms with Gasteiger partial charge >= 0.3 is 0 Å². The van der Waals surface area contributed by atoms with Gasteiger partial charge in [0.1, 0.15) is 0 Å². The van der Waals surface area contributed by atoms with Crippen LogP contribution in [0.25, 0.3) is 0 Å². The summed E-state index contributed by atoms with van der Waals surface area (Å²) in [5, 5.41) is 3.38. The molecule has 0 aliphatic carbocycles. The molecule has 1 N–H and O–H groups in total. The van der Waals surface area contributed by atoms with Crippen molar-refractivity contribution < 1.29 is 8.78 Å². The average molecular weight is 340 g/mol. The van der Waals surface area contributed by atoms with E-state index in [4.69, 9.17) is 0 Å². The third-order valence-electron chi connectivity index (χ3n) is 3.19. The zero-order chi connectivity index (χ0) is 14.5. The predicted molar refractivity (Wildman–Crippen MR) is 80.8 cm³/mol. The highest BCUT2D eigenvalue weighted by molar-refractivity contribution is 9.10. The molecule has 0 amide bonds. The van der Waals surface area contributed by atoms with Crippen LogP contribution >= 0.6 is 15.9 Å². The first-order valence-corrected chi connectivity index (χ1v) is 7.21. The Hall–Kier alpha value is -1.26. The number of alkyl halides is 2. The van der Waals surface area contributed by atoms with E-state index in [1.54, 1.807) is 12.1 Å². The Morgan fingerprint density at radius 2 is 1.75 bits per heavy atom. The van der Waals surface area contributed by atoms with E-state index in [0.717, 1.165) is 10.0 Å². The van der Waals surface area contributed by atoms with E-state index in [0.29, 0.717) is 6.54 Å². The van der Waals surface area contributed by atoms with Gasteiger partial charge in [0.05, 0.1) is 0 Å². The monoisotopic (exact) mass is 339 g/mol. The quantitative estimate of drug-likeness (QED) is 0.785. The van der Waals surface area contributed by atoms with Crippen molar-refractivity contribution in [3.8, 4) is 0 Å². The van der Waals surface area contributed by atoms with Crippen molar-refractivity contribution in [2.24, 2.45) is 0 Å². The topological polar surface area (TPSA) is 12.0 Å². The number of benzene rings is 2. The van der Waals surface area contributed by atoms with Gasteiger partial charge in [-0.05, 0) is 30.2 Å². The van der Waals surface area contributed by atoms with Crippen LogP contribution in [0.15, 0.2) is 53.0 Å². The lowest BCUT2D eigenvalue weighted by Gasteiger charge is -2.15. The number of hydrogen-bond acceptors (Lipinski definition) is 1. The highest BCUT2D eigenvalue weighted by Gasteiger charge is 2.07. The van der Waals surface area contributed by atoms with E-state index in [9.17, 15) is 8.78 Å². The van der Waals surface area contributed by atoms with Crippen molar-refractivity contribution in [1.29, 1.82) is 0 Å². The third-order valence-corrected chi connectivity index (χ3v) is 3.69. The molecule has 4 heteroatoms. The van der Waals surface area contributed by atoms with Crippen LogP contribution in [-0.2, 0) is 6.54 Å². The highest BCUT2D eigenvalue weighted by Crippen LogP contribution is 2.20. The maximum absolute atomic E-state index is 12.5. The SMILES string of the molecule is CC(NCc1ccc(C(F)F)cc1)c1cccc(Br)c1. The summed E-state index contributed by atoms with van der Waals surface area (Å²) in [4.78, 5) is 0. The highest BCUT2D eigenvalue weighted by atomic mass is 79.9. The molecule has 1 atom stereocenters. The van der Waals surface area contributed by atoms with E-state index in [-0.39, 0.29) is 11.6 Å². The van der Waals surface area contributed by atoms with Crippen LogP contribution in [0.5, 0.6) is 0 Å². The van der Waals surface area contributed by atoms with E-state index in [1.165, 1.54) is 17.7 Å². The molecule has 0 aliphatic rings. The summed E-state index contributed by atoms with van der Waals surface area (Å²) < 4.78 is 26.0. The molecule has 0 bridgehead atoms. The van der Waals surface area contributed by atoms with E-state index < -0.39 is 6.43 Å². The number of nitrogens with one attached hydrogen (secondary N) is 1. The van der Waals surface area contributed by atoms with Gasteiger partial charge in [0, 0.05) is 22.6 Å². The number of rotatable bonds is 5. The smallest absolute Gasteiger partial charge is 0.263 e. The van der Waals surface area contributed by atoms with E-state index in [1.807, 2.05) is 12.1 Å². The fraction of sp³-hybridized carbons (Fsp3) is 0.250. The minimum absolute atomic E-state index is 0.0637. The first-order chi connectivity index (χ1) is 9.56. The molecule has 1 unspecified atom stereocenters. The van der Waals surface area contributed by atoms with Crippen molar-refractivity contribution in [3.63, 3.8) is 0 Å². The van der Waals surface area contributed by atoms with Crippen molar-refractivity contribution in [2.45, 2.75) is 25.9 Å². The fourth-order valence-electron chi connectivity index (χ4n) is 1.95. The Kier molecular flexibility index (Phi) is 5.26. The zero-order valence-electron chi connectivity index (χ0n) is 11.1. The molecular weight excluding hydrogens is 324 g/mol. The number of halogens is 3. The minimum Gasteiger partial charge on any atom is -0.306 e. The average Bonchev–Trinajstić information content (AvgIpc) is 2.45. The molecule has 2 aromatic carbocycles. The van der Waals surface area contributed by atoms with Gasteiger partial charge in [-0.2, -0.15) is 0 Å². The normalized spacial score (nSPS) is 12.7. The second-order valence-electron chi connectivity index (χ2n) is 4.70. The molecule has 0 aliphatic heterocycles. The van der Waals surface area contributed by atoms with Crippen molar-refractivity contribution >= 4 is 15.9 Å². The molecule has 0 saturated heterocycles. The molecule has 0 aromatic heterocycles. The van der Waals surface area contributed by atoms with Gasteiger partial charge < -0.3 is 5.32 Å². The van der Waals surface area contributed by atoms with E-state index in [2.05, 4.69) is 40.3 Å². The summed E-state index contributed by atoms with van der Waals surface area (Å²) in [6.07, 6.45) is -2.40. The first-order valence-electron chi connectivity index (χ1n) is 6.42. The van der Waals surface area contributed by atoms with Gasteiger partial charge in [-0.25, -0.2) is 8.78 Å². The summed E-state index contributed by atoms with van der Waals surface area (Å²) in [6.45, 7) is 2.73. The molecule has 20 heavy (non-hydrogen) atoms. The standard InChI is InChI=1S/C16H16BrF2N/c1-11(14-3-2-4-15(17)9-14)20-10-12-5-7-13(8-6-12)16(18)19/h2-9,11,16,20H,10H2,1H3. The van der Waals surface area contributed by atoms with Gasteiger partial charge in [0.15, 0.2) is 0 Å². The molecule has 106 valence electrons. The zero-order valence-corrected chi connectivity index (χ0v) is 12.7. The number of hydrogen-bond donors (Lipinski definition) is 1. The molecular formula is C16H16BrF2N. The van der Waals surface area contributed by atoms with Crippen molar-refractivity contribution in [1.82, 2.24) is 5.32 Å². The molecule has 0 spiro atoms. The van der Waals surface area contributed by atoms with Gasteiger partial charge in [0.2, 0.25) is 0 Å². The van der Waals surface area contributed by atoms with Crippen LogP contribution < -0.4 is 5.32 Å². The lowest BCUT2D eigenvalue weighted by atomic mass is 10.1. The molecule has 0 heterocycles. The van der Waals surface area contributed by atoms with Crippen molar-refractivity contribution in [2.75, 3.05) is 0 Å². The third kappa shape index (κ3) is 4.12. The first kappa shape index (κ1) is 15.1. The van der Waals surface area contributed by atoms with Gasteiger partial charge in [-0.1, -0.05) is 52.3 Å². The lowest BCUT2D eigenvalue weighted by molar-refractivity contribution is 0.151. The van der Waals surface area contributed by atoms with Crippen LogP contribution in [0, 0.1) is 0 Å². The Morgan fingerprint density at radius 1 is 1.05 bits per heavy atom. The largest absolute Gasteiger partial charge is 0.306 e. The molecule has 2 aromatic rings. The van der Waals surface area contributed by atoms with Crippen molar-refractivity contribution in [3.05, 3.63) is 69.7 Å². The molecule has 1 nitrogen and oxygen atoms in total. The minimum atomic E-state index is -2.40. The Morgan fingerprint density at radius 3 is 2.35 bits per heavy atom. The molecule has 0 radical (unpaired) electrons. The Bertz CT molecular complexity index is 555. The van der Waals surface area contributed by atoms with Crippen LogP contribution in [0.3, 0.4) is 0 Å². The fourth-order valence-corrected chi connectivity index (χ4v) is 2.36. The summed E-state index contributed by atoms with van der Waals surface area (Å²) in [7, 11) is 0. The summed E-state index contributed by atoms with van der Waals surface area (Å²) >= 11 is 3.45. The maximum atomic E-state index is 12.5. The summed E-state index contributed by atoms with van der Waals surface area (Å²) in [5.41, 5.74) is 2.24.